The molecule has 0 fully saturated rings. The number of aromatic nitrogens is 2. The molecule has 2 atom stereocenters. The predicted molar refractivity (Wildman–Crippen MR) is 120 cm³/mol. The van der Waals surface area contributed by atoms with Crippen LogP contribution in [-0.4, -0.2) is 40.9 Å². The number of ether oxygens (including phenoxy) is 1. The van der Waals surface area contributed by atoms with Gasteiger partial charge in [-0.2, -0.15) is 4.98 Å². The second-order valence-electron chi connectivity index (χ2n) is 7.53. The number of hydrogen-bond acceptors (Lipinski definition) is 6. The van der Waals surface area contributed by atoms with Gasteiger partial charge in [0, 0.05) is 23.1 Å². The summed E-state index contributed by atoms with van der Waals surface area (Å²) in [7, 11) is 1.58. The van der Waals surface area contributed by atoms with E-state index in [4.69, 9.17) is 4.74 Å². The van der Waals surface area contributed by atoms with Crippen LogP contribution in [0.5, 0.6) is 5.75 Å². The minimum Gasteiger partial charge on any atom is -0.497 e. The molecule has 8 nitrogen and oxygen atoms in total. The molecule has 0 saturated heterocycles. The number of anilines is 4. The standard InChI is InChI=1S/C23H24FN5O3/c1-14(13-30)28-21-20(12-25-22(27-21)26-17-6-4-16(24)5-7-17)15(2)29(23(28)31)18-8-10-19(32-3)11-9-18/h4-12,14-15,30H,13H2,1-3H3,(H,25,26,27)/t14-,15+/m1/s1. The first-order valence-electron chi connectivity index (χ1n) is 10.2. The molecule has 2 aromatic carbocycles. The molecule has 1 aliphatic heterocycles. The van der Waals surface area contributed by atoms with Gasteiger partial charge < -0.3 is 15.2 Å². The van der Waals surface area contributed by atoms with Crippen molar-refractivity contribution in [3.05, 3.63) is 66.1 Å². The molecular formula is C23H24FN5O3. The lowest BCUT2D eigenvalue weighted by molar-refractivity contribution is 0.233. The number of fused-ring (bicyclic) bond motifs is 1. The van der Waals surface area contributed by atoms with Crippen LogP contribution < -0.4 is 19.9 Å². The van der Waals surface area contributed by atoms with Gasteiger partial charge in [-0.15, -0.1) is 0 Å². The third kappa shape index (κ3) is 3.94. The number of halogens is 1. The summed E-state index contributed by atoms with van der Waals surface area (Å²) in [4.78, 5) is 25.6. The zero-order valence-electron chi connectivity index (χ0n) is 18.0. The van der Waals surface area contributed by atoms with Gasteiger partial charge in [-0.25, -0.2) is 14.2 Å². The zero-order chi connectivity index (χ0) is 22.8. The van der Waals surface area contributed by atoms with Crippen LogP contribution in [0.3, 0.4) is 0 Å². The molecule has 0 unspecified atom stereocenters. The van der Waals surface area contributed by atoms with E-state index in [0.717, 1.165) is 5.56 Å². The first-order valence-corrected chi connectivity index (χ1v) is 10.2. The molecule has 3 aromatic rings. The molecular weight excluding hydrogens is 413 g/mol. The minimum absolute atomic E-state index is 0.235. The van der Waals surface area contributed by atoms with Gasteiger partial charge in [0.2, 0.25) is 5.95 Å². The number of urea groups is 1. The number of carbonyl (C=O) groups is 1. The van der Waals surface area contributed by atoms with E-state index in [0.29, 0.717) is 22.9 Å². The van der Waals surface area contributed by atoms with Gasteiger partial charge in [-0.1, -0.05) is 0 Å². The van der Waals surface area contributed by atoms with Crippen LogP contribution in [0.25, 0.3) is 0 Å². The quantitative estimate of drug-likeness (QED) is 0.599. The second-order valence-corrected chi connectivity index (χ2v) is 7.53. The Labute approximate surface area is 185 Å². The highest BCUT2D eigenvalue weighted by Gasteiger charge is 2.40. The maximum Gasteiger partial charge on any atom is 0.331 e. The van der Waals surface area contributed by atoms with Crippen LogP contribution in [0.4, 0.5) is 32.3 Å². The fraction of sp³-hybridized carbons (Fsp3) is 0.261. The fourth-order valence-electron chi connectivity index (χ4n) is 3.66. The molecule has 1 aromatic heterocycles. The van der Waals surface area contributed by atoms with Gasteiger partial charge in [0.1, 0.15) is 17.4 Å². The molecule has 1 aliphatic rings. The molecule has 2 amide bonds. The number of aliphatic hydroxyl groups is 1. The molecule has 0 bridgehead atoms. The average molecular weight is 437 g/mol. The molecule has 0 saturated carbocycles. The van der Waals surface area contributed by atoms with E-state index in [1.165, 1.54) is 17.0 Å². The van der Waals surface area contributed by atoms with Gasteiger partial charge in [-0.05, 0) is 62.4 Å². The van der Waals surface area contributed by atoms with Crippen molar-refractivity contribution in [1.29, 1.82) is 0 Å². The van der Waals surface area contributed by atoms with E-state index >= 15 is 0 Å². The summed E-state index contributed by atoms with van der Waals surface area (Å²) in [6.07, 6.45) is 1.67. The van der Waals surface area contributed by atoms with Gasteiger partial charge >= 0.3 is 6.03 Å². The zero-order valence-corrected chi connectivity index (χ0v) is 18.0. The van der Waals surface area contributed by atoms with Crippen molar-refractivity contribution in [2.75, 3.05) is 28.8 Å². The Morgan fingerprint density at radius 1 is 1.19 bits per heavy atom. The highest BCUT2D eigenvalue weighted by molar-refractivity contribution is 6.06. The number of rotatable bonds is 6. The maximum atomic E-state index is 13.5. The van der Waals surface area contributed by atoms with E-state index < -0.39 is 6.04 Å². The third-order valence-electron chi connectivity index (χ3n) is 5.43. The number of hydrogen-bond donors (Lipinski definition) is 2. The van der Waals surface area contributed by atoms with E-state index in [1.807, 2.05) is 19.1 Å². The number of benzene rings is 2. The van der Waals surface area contributed by atoms with Crippen molar-refractivity contribution in [2.45, 2.75) is 25.9 Å². The fourth-order valence-corrected chi connectivity index (χ4v) is 3.66. The normalized spacial score (nSPS) is 16.5. The monoisotopic (exact) mass is 437 g/mol. The first kappa shape index (κ1) is 21.5. The smallest absolute Gasteiger partial charge is 0.331 e. The third-order valence-corrected chi connectivity index (χ3v) is 5.43. The Morgan fingerprint density at radius 2 is 1.88 bits per heavy atom. The van der Waals surface area contributed by atoms with Crippen LogP contribution in [0.1, 0.15) is 25.5 Å². The van der Waals surface area contributed by atoms with Crippen LogP contribution >= 0.6 is 0 Å². The number of carbonyl (C=O) groups excluding carboxylic acids is 1. The van der Waals surface area contributed by atoms with Crippen molar-refractivity contribution in [1.82, 2.24) is 9.97 Å². The summed E-state index contributed by atoms with van der Waals surface area (Å²) in [6, 6.07) is 11.9. The molecule has 166 valence electrons. The van der Waals surface area contributed by atoms with Crippen molar-refractivity contribution < 1.29 is 19.0 Å². The Hall–Kier alpha value is -3.72. The Morgan fingerprint density at radius 3 is 2.50 bits per heavy atom. The lowest BCUT2D eigenvalue weighted by atomic mass is 10.0. The highest BCUT2D eigenvalue weighted by atomic mass is 19.1. The van der Waals surface area contributed by atoms with E-state index in [-0.39, 0.29) is 30.4 Å². The summed E-state index contributed by atoms with van der Waals surface area (Å²) < 4.78 is 18.4. The average Bonchev–Trinajstić information content (AvgIpc) is 2.81. The van der Waals surface area contributed by atoms with E-state index in [2.05, 4.69) is 15.3 Å². The SMILES string of the molecule is COc1ccc(N2C(=O)N([C@H](C)CO)c3nc(Nc4ccc(F)cc4)ncc3[C@@H]2C)cc1. The topological polar surface area (TPSA) is 90.8 Å². The summed E-state index contributed by atoms with van der Waals surface area (Å²) in [5.74, 6) is 1.03. The number of aliphatic hydroxyl groups excluding tert-OH is 1. The summed E-state index contributed by atoms with van der Waals surface area (Å²) in [5.41, 5.74) is 2.05. The second kappa shape index (κ2) is 8.80. The molecule has 2 N–H and O–H groups in total. The molecule has 0 radical (unpaired) electrons. The molecule has 4 rings (SSSR count). The van der Waals surface area contributed by atoms with Crippen LogP contribution in [0, 0.1) is 5.82 Å². The van der Waals surface area contributed by atoms with Crippen molar-refractivity contribution in [3.8, 4) is 5.75 Å². The van der Waals surface area contributed by atoms with Gasteiger partial charge in [-0.3, -0.25) is 9.80 Å². The molecule has 0 aliphatic carbocycles. The predicted octanol–water partition coefficient (Wildman–Crippen LogP) is 4.26. The molecule has 0 spiro atoms. The summed E-state index contributed by atoms with van der Waals surface area (Å²) >= 11 is 0. The van der Waals surface area contributed by atoms with Crippen molar-refractivity contribution in [2.24, 2.45) is 0 Å². The lowest BCUT2D eigenvalue weighted by Gasteiger charge is -2.42. The molecule has 2 heterocycles. The number of nitrogens with one attached hydrogen (secondary N) is 1. The maximum absolute atomic E-state index is 13.5. The first-order chi connectivity index (χ1) is 15.4. The van der Waals surface area contributed by atoms with Gasteiger partial charge in [0.25, 0.3) is 0 Å². The largest absolute Gasteiger partial charge is 0.497 e. The Bertz CT molecular complexity index is 1110. The summed E-state index contributed by atoms with van der Waals surface area (Å²) in [6.45, 7) is 3.41. The number of amides is 2. The van der Waals surface area contributed by atoms with E-state index in [9.17, 15) is 14.3 Å². The molecule has 9 heteroatoms. The Balaban J connectivity index is 1.74. The van der Waals surface area contributed by atoms with Crippen LogP contribution in [0.15, 0.2) is 54.7 Å². The van der Waals surface area contributed by atoms with Crippen molar-refractivity contribution in [3.63, 3.8) is 0 Å². The van der Waals surface area contributed by atoms with Gasteiger partial charge in [0.15, 0.2) is 0 Å². The van der Waals surface area contributed by atoms with Crippen LogP contribution in [0.2, 0.25) is 0 Å². The Kier molecular flexibility index (Phi) is 5.91. The van der Waals surface area contributed by atoms with Gasteiger partial charge in [0.05, 0.1) is 25.8 Å². The van der Waals surface area contributed by atoms with Crippen molar-refractivity contribution >= 4 is 29.2 Å². The highest BCUT2D eigenvalue weighted by Crippen LogP contribution is 2.39. The lowest BCUT2D eigenvalue weighted by Crippen LogP contribution is -2.54. The van der Waals surface area contributed by atoms with Crippen LogP contribution in [-0.2, 0) is 0 Å². The summed E-state index contributed by atoms with van der Waals surface area (Å²) in [5, 5.41) is 12.9. The van der Waals surface area contributed by atoms with E-state index in [1.54, 1.807) is 49.4 Å². The number of nitrogens with zero attached hydrogens (tertiary/aromatic N) is 4. The minimum atomic E-state index is -0.511. The molecule has 32 heavy (non-hydrogen) atoms. The number of methoxy groups -OCH3 is 1.